The summed E-state index contributed by atoms with van der Waals surface area (Å²) in [5, 5.41) is 0. The van der Waals surface area contributed by atoms with E-state index < -0.39 is 21.9 Å². The van der Waals surface area contributed by atoms with E-state index in [-0.39, 0.29) is 17.3 Å². The number of aryl methyl sites for hydroxylation is 2. The third kappa shape index (κ3) is 4.51. The molecule has 0 aliphatic carbocycles. The Morgan fingerprint density at radius 1 is 1.03 bits per heavy atom. The summed E-state index contributed by atoms with van der Waals surface area (Å²) < 4.78 is 41.8. The van der Waals surface area contributed by atoms with Crippen molar-refractivity contribution >= 4 is 15.9 Å². The highest BCUT2D eigenvalue weighted by atomic mass is 32.2. The number of hydrogen-bond acceptors (Lipinski definition) is 4. The Morgan fingerprint density at radius 3 is 2.58 bits per heavy atom. The second-order valence-electron chi connectivity index (χ2n) is 8.43. The minimum Gasteiger partial charge on any atom is -0.336 e. The maximum Gasteiger partial charge on any atom is 0.243 e. The zero-order chi connectivity index (χ0) is 22.2. The number of nitrogens with zero attached hydrogens (tertiary/aromatic N) is 3. The maximum absolute atomic E-state index is 14.0. The van der Waals surface area contributed by atoms with Gasteiger partial charge in [-0.15, -0.1) is 0 Å². The number of rotatable bonds is 4. The van der Waals surface area contributed by atoms with Crippen LogP contribution in [-0.2, 0) is 21.4 Å². The number of amides is 1. The van der Waals surface area contributed by atoms with Crippen LogP contribution in [0.25, 0.3) is 0 Å². The molecule has 2 aromatic carbocycles. The first-order valence-electron chi connectivity index (χ1n) is 10.6. The lowest BCUT2D eigenvalue weighted by Gasteiger charge is -2.40. The summed E-state index contributed by atoms with van der Waals surface area (Å²) in [6.07, 6.45) is 0.634. The molecule has 31 heavy (non-hydrogen) atoms. The van der Waals surface area contributed by atoms with Gasteiger partial charge < -0.3 is 4.90 Å². The van der Waals surface area contributed by atoms with Crippen LogP contribution in [0, 0.1) is 19.7 Å². The molecule has 2 fully saturated rings. The average Bonchev–Trinajstić information content (AvgIpc) is 2.96. The van der Waals surface area contributed by atoms with Gasteiger partial charge in [0.1, 0.15) is 11.9 Å². The average molecular weight is 446 g/mol. The molecular weight excluding hydrogens is 417 g/mol. The van der Waals surface area contributed by atoms with Crippen LogP contribution in [0.2, 0.25) is 0 Å². The van der Waals surface area contributed by atoms with Crippen molar-refractivity contribution in [1.82, 2.24) is 14.1 Å². The summed E-state index contributed by atoms with van der Waals surface area (Å²) in [4.78, 5) is 17.1. The Kier molecular flexibility index (Phi) is 6.14. The summed E-state index contributed by atoms with van der Waals surface area (Å²) in [6, 6.07) is 11.5. The van der Waals surface area contributed by atoms with E-state index in [4.69, 9.17) is 0 Å². The topological polar surface area (TPSA) is 60.9 Å². The number of carbonyl (C=O) groups is 1. The summed E-state index contributed by atoms with van der Waals surface area (Å²) in [6.45, 7) is 6.54. The molecular formula is C23H28FN3O3S. The zero-order valence-electron chi connectivity index (χ0n) is 17.9. The van der Waals surface area contributed by atoms with E-state index in [1.54, 1.807) is 6.92 Å². The van der Waals surface area contributed by atoms with Crippen molar-refractivity contribution in [3.8, 4) is 0 Å². The predicted octanol–water partition coefficient (Wildman–Crippen LogP) is 2.55. The van der Waals surface area contributed by atoms with Crippen molar-refractivity contribution < 1.29 is 17.6 Å². The number of halogens is 1. The van der Waals surface area contributed by atoms with Gasteiger partial charge in [-0.2, -0.15) is 4.31 Å². The van der Waals surface area contributed by atoms with Crippen molar-refractivity contribution in [3.63, 3.8) is 0 Å². The maximum atomic E-state index is 14.0. The molecule has 2 saturated heterocycles. The van der Waals surface area contributed by atoms with Crippen LogP contribution in [0.15, 0.2) is 47.4 Å². The van der Waals surface area contributed by atoms with E-state index in [2.05, 4.69) is 11.0 Å². The van der Waals surface area contributed by atoms with Gasteiger partial charge in [0.25, 0.3) is 0 Å². The van der Waals surface area contributed by atoms with Gasteiger partial charge in [-0.05, 0) is 43.5 Å². The molecule has 4 rings (SSSR count). The molecule has 166 valence electrons. The Hall–Kier alpha value is -2.29. The molecule has 6 nitrogen and oxygen atoms in total. The van der Waals surface area contributed by atoms with Crippen molar-refractivity contribution in [2.24, 2.45) is 0 Å². The van der Waals surface area contributed by atoms with Crippen LogP contribution in [0.5, 0.6) is 0 Å². The number of benzene rings is 2. The van der Waals surface area contributed by atoms with E-state index in [0.29, 0.717) is 38.2 Å². The lowest BCUT2D eigenvalue weighted by atomic mass is 10.1. The van der Waals surface area contributed by atoms with Gasteiger partial charge in [-0.25, -0.2) is 12.8 Å². The fraction of sp³-hybridized carbons (Fsp3) is 0.435. The number of fused-ring (bicyclic) bond motifs is 1. The van der Waals surface area contributed by atoms with Crippen LogP contribution in [0.3, 0.4) is 0 Å². The Bertz CT molecular complexity index is 1090. The number of piperazine rings is 1. The minimum absolute atomic E-state index is 0.0510. The first-order valence-corrected chi connectivity index (χ1v) is 12.0. The predicted molar refractivity (Wildman–Crippen MR) is 116 cm³/mol. The van der Waals surface area contributed by atoms with Gasteiger partial charge in [0, 0.05) is 39.3 Å². The molecule has 0 spiro atoms. The normalized spacial score (nSPS) is 21.1. The molecule has 2 heterocycles. The summed E-state index contributed by atoms with van der Waals surface area (Å²) in [5.41, 5.74) is 2.60. The van der Waals surface area contributed by atoms with Crippen molar-refractivity contribution in [2.75, 3.05) is 32.7 Å². The molecule has 1 unspecified atom stereocenters. The van der Waals surface area contributed by atoms with E-state index in [9.17, 15) is 17.6 Å². The molecule has 0 radical (unpaired) electrons. The molecule has 0 bridgehead atoms. The van der Waals surface area contributed by atoms with Gasteiger partial charge in [-0.3, -0.25) is 9.69 Å². The highest BCUT2D eigenvalue weighted by Crippen LogP contribution is 2.24. The third-order valence-corrected chi connectivity index (χ3v) is 8.02. The number of carbonyl (C=O) groups excluding carboxylic acids is 1. The lowest BCUT2D eigenvalue weighted by molar-refractivity contribution is -0.142. The molecule has 0 N–H and O–H groups in total. The zero-order valence-corrected chi connectivity index (χ0v) is 18.7. The van der Waals surface area contributed by atoms with Crippen LogP contribution >= 0.6 is 0 Å². The van der Waals surface area contributed by atoms with Gasteiger partial charge in [0.2, 0.25) is 15.9 Å². The van der Waals surface area contributed by atoms with Crippen LogP contribution in [0.1, 0.15) is 23.1 Å². The summed E-state index contributed by atoms with van der Waals surface area (Å²) in [5.74, 6) is -0.597. The van der Waals surface area contributed by atoms with Gasteiger partial charge >= 0.3 is 0 Å². The van der Waals surface area contributed by atoms with Gasteiger partial charge in [0.15, 0.2) is 0 Å². The highest BCUT2D eigenvalue weighted by molar-refractivity contribution is 7.89. The number of hydrogen-bond donors (Lipinski definition) is 0. The molecule has 2 aliphatic heterocycles. The quantitative estimate of drug-likeness (QED) is 0.726. The van der Waals surface area contributed by atoms with Gasteiger partial charge in [-0.1, -0.05) is 35.9 Å². The fourth-order valence-electron chi connectivity index (χ4n) is 4.37. The van der Waals surface area contributed by atoms with Gasteiger partial charge in [0.05, 0.1) is 4.90 Å². The van der Waals surface area contributed by atoms with E-state index in [1.165, 1.54) is 16.4 Å². The second-order valence-corrected chi connectivity index (χ2v) is 10.4. The number of sulfonamides is 1. The molecule has 0 saturated carbocycles. The lowest BCUT2D eigenvalue weighted by Crippen LogP contribution is -2.59. The van der Waals surface area contributed by atoms with Crippen LogP contribution < -0.4 is 0 Å². The van der Waals surface area contributed by atoms with Crippen molar-refractivity contribution in [1.29, 1.82) is 0 Å². The molecule has 1 atom stereocenters. The molecule has 0 aromatic heterocycles. The second kappa shape index (κ2) is 8.68. The monoisotopic (exact) mass is 445 g/mol. The standard InChI is InChI=1S/C23H28FN3O3S/c1-17-5-3-6-19(13-17)15-26-12-11-25-9-4-10-27(16-22(25)23(26)28)31(29,30)20-8-7-18(2)21(24)14-20/h3,5-8,13-14,22H,4,9-12,15-16H2,1-2H3. The summed E-state index contributed by atoms with van der Waals surface area (Å²) in [7, 11) is -3.88. The van der Waals surface area contributed by atoms with Crippen LogP contribution in [-0.4, -0.2) is 67.2 Å². The molecule has 2 aliphatic rings. The van der Waals surface area contributed by atoms with E-state index in [0.717, 1.165) is 23.7 Å². The SMILES string of the molecule is Cc1cccc(CN2CCN3CCCN(S(=O)(=O)c4ccc(C)c(F)c4)CC3C2=O)c1. The first kappa shape index (κ1) is 21.9. The Morgan fingerprint density at radius 2 is 1.84 bits per heavy atom. The summed E-state index contributed by atoms with van der Waals surface area (Å²) >= 11 is 0. The minimum atomic E-state index is -3.88. The Labute approximate surface area is 183 Å². The largest absolute Gasteiger partial charge is 0.336 e. The third-order valence-electron chi connectivity index (χ3n) is 6.16. The smallest absolute Gasteiger partial charge is 0.243 e. The van der Waals surface area contributed by atoms with Crippen LogP contribution in [0.4, 0.5) is 4.39 Å². The molecule has 8 heteroatoms. The Balaban J connectivity index is 1.55. The molecule has 2 aromatic rings. The van der Waals surface area contributed by atoms with E-state index in [1.807, 2.05) is 30.0 Å². The fourth-order valence-corrected chi connectivity index (χ4v) is 5.86. The highest BCUT2D eigenvalue weighted by Gasteiger charge is 2.40. The van der Waals surface area contributed by atoms with Crippen molar-refractivity contribution in [2.45, 2.75) is 37.8 Å². The van der Waals surface area contributed by atoms with Crippen molar-refractivity contribution in [3.05, 3.63) is 65.0 Å². The first-order chi connectivity index (χ1) is 14.8. The van der Waals surface area contributed by atoms with E-state index >= 15 is 0 Å². The molecule has 1 amide bonds.